The van der Waals surface area contributed by atoms with Gasteiger partial charge in [-0.15, -0.1) is 0 Å². The van der Waals surface area contributed by atoms with E-state index in [1.54, 1.807) is 4.90 Å². The standard InChI is InChI=1S/C13H23NO4/c1-9-10(6-8-18-9)12(17)14(13(2,3)4)7-5-11(15)16/h9-10H,5-8H2,1-4H3,(H,15,16). The van der Waals surface area contributed by atoms with Crippen molar-refractivity contribution in [1.29, 1.82) is 0 Å². The fraction of sp³-hybridized carbons (Fsp3) is 0.846. The van der Waals surface area contributed by atoms with E-state index in [1.807, 2.05) is 27.7 Å². The molecule has 1 aliphatic rings. The first kappa shape index (κ1) is 15.0. The van der Waals surface area contributed by atoms with E-state index in [-0.39, 0.29) is 36.4 Å². The molecule has 1 amide bonds. The Hall–Kier alpha value is -1.10. The molecule has 2 unspecified atom stereocenters. The molecule has 0 aromatic rings. The second-order valence-electron chi connectivity index (χ2n) is 5.78. The minimum atomic E-state index is -0.882. The lowest BCUT2D eigenvalue weighted by Crippen LogP contribution is -2.50. The molecule has 1 N–H and O–H groups in total. The lowest BCUT2D eigenvalue weighted by atomic mass is 9.96. The van der Waals surface area contributed by atoms with Crippen molar-refractivity contribution >= 4 is 11.9 Å². The van der Waals surface area contributed by atoms with E-state index in [0.717, 1.165) is 6.42 Å². The normalized spacial score (nSPS) is 24.0. The van der Waals surface area contributed by atoms with Gasteiger partial charge in [-0.1, -0.05) is 0 Å². The zero-order valence-corrected chi connectivity index (χ0v) is 11.6. The molecule has 1 fully saturated rings. The largest absolute Gasteiger partial charge is 0.481 e. The van der Waals surface area contributed by atoms with E-state index >= 15 is 0 Å². The molecule has 1 saturated heterocycles. The highest BCUT2D eigenvalue weighted by atomic mass is 16.5. The fourth-order valence-corrected chi connectivity index (χ4v) is 2.24. The Morgan fingerprint density at radius 3 is 2.39 bits per heavy atom. The molecule has 0 aromatic carbocycles. The summed E-state index contributed by atoms with van der Waals surface area (Å²) in [5.74, 6) is -1.01. The molecule has 0 saturated carbocycles. The summed E-state index contributed by atoms with van der Waals surface area (Å²) in [7, 11) is 0. The van der Waals surface area contributed by atoms with Crippen LogP contribution in [0.3, 0.4) is 0 Å². The summed E-state index contributed by atoms with van der Waals surface area (Å²) in [6.45, 7) is 8.52. The second kappa shape index (κ2) is 5.69. The highest BCUT2D eigenvalue weighted by Crippen LogP contribution is 2.26. The highest BCUT2D eigenvalue weighted by molar-refractivity contribution is 5.81. The maximum absolute atomic E-state index is 12.5. The van der Waals surface area contributed by atoms with Crippen molar-refractivity contribution in [2.45, 2.75) is 52.2 Å². The van der Waals surface area contributed by atoms with E-state index < -0.39 is 5.97 Å². The van der Waals surface area contributed by atoms with E-state index in [4.69, 9.17) is 9.84 Å². The Morgan fingerprint density at radius 1 is 1.39 bits per heavy atom. The Labute approximate surface area is 108 Å². The van der Waals surface area contributed by atoms with Crippen LogP contribution in [0.2, 0.25) is 0 Å². The summed E-state index contributed by atoms with van der Waals surface area (Å²) in [6.07, 6.45) is 0.622. The van der Waals surface area contributed by atoms with Crippen molar-refractivity contribution in [3.63, 3.8) is 0 Å². The fourth-order valence-electron chi connectivity index (χ4n) is 2.24. The molecule has 2 atom stereocenters. The molecule has 1 heterocycles. The molecular formula is C13H23NO4. The number of carboxylic acid groups (broad SMARTS) is 1. The minimum Gasteiger partial charge on any atom is -0.481 e. The smallest absolute Gasteiger partial charge is 0.305 e. The van der Waals surface area contributed by atoms with Gasteiger partial charge in [-0.2, -0.15) is 0 Å². The quantitative estimate of drug-likeness (QED) is 0.829. The molecule has 0 bridgehead atoms. The second-order valence-corrected chi connectivity index (χ2v) is 5.78. The number of ether oxygens (including phenoxy) is 1. The Bertz CT molecular complexity index is 321. The first-order chi connectivity index (χ1) is 8.23. The predicted octanol–water partition coefficient (Wildman–Crippen LogP) is 1.51. The van der Waals surface area contributed by atoms with Crippen molar-refractivity contribution in [3.8, 4) is 0 Å². The average molecular weight is 257 g/mol. The van der Waals surface area contributed by atoms with Crippen LogP contribution >= 0.6 is 0 Å². The van der Waals surface area contributed by atoms with Gasteiger partial charge in [-0.25, -0.2) is 0 Å². The molecule has 0 aliphatic carbocycles. The van der Waals surface area contributed by atoms with E-state index in [0.29, 0.717) is 6.61 Å². The number of amides is 1. The van der Waals surface area contributed by atoms with Gasteiger partial charge in [0.05, 0.1) is 18.4 Å². The van der Waals surface area contributed by atoms with Crippen molar-refractivity contribution in [2.24, 2.45) is 5.92 Å². The van der Waals surface area contributed by atoms with Crippen LogP contribution in [0.15, 0.2) is 0 Å². The zero-order valence-electron chi connectivity index (χ0n) is 11.6. The molecule has 0 spiro atoms. The van der Waals surface area contributed by atoms with Crippen LogP contribution in [-0.2, 0) is 14.3 Å². The summed E-state index contributed by atoms with van der Waals surface area (Å²) in [5.41, 5.74) is -0.366. The van der Waals surface area contributed by atoms with Crippen LogP contribution in [0.1, 0.15) is 40.5 Å². The minimum absolute atomic E-state index is 0.00810. The van der Waals surface area contributed by atoms with Crippen molar-refractivity contribution in [3.05, 3.63) is 0 Å². The number of carbonyl (C=O) groups excluding carboxylic acids is 1. The Kier molecular flexibility index (Phi) is 4.73. The van der Waals surface area contributed by atoms with E-state index in [9.17, 15) is 9.59 Å². The molecule has 1 rings (SSSR count). The highest BCUT2D eigenvalue weighted by Gasteiger charge is 2.37. The summed E-state index contributed by atoms with van der Waals surface area (Å²) >= 11 is 0. The topological polar surface area (TPSA) is 66.8 Å². The summed E-state index contributed by atoms with van der Waals surface area (Å²) in [5, 5.41) is 8.76. The van der Waals surface area contributed by atoms with Crippen molar-refractivity contribution < 1.29 is 19.4 Å². The number of carboxylic acids is 1. The maximum atomic E-state index is 12.5. The van der Waals surface area contributed by atoms with Gasteiger partial charge in [0, 0.05) is 18.7 Å². The molecule has 104 valence electrons. The number of hydrogen-bond donors (Lipinski definition) is 1. The van der Waals surface area contributed by atoms with Crippen LogP contribution in [0.5, 0.6) is 0 Å². The Morgan fingerprint density at radius 2 is 2.00 bits per heavy atom. The van der Waals surface area contributed by atoms with Gasteiger partial charge >= 0.3 is 5.97 Å². The molecule has 0 aromatic heterocycles. The number of hydrogen-bond acceptors (Lipinski definition) is 3. The molecule has 18 heavy (non-hydrogen) atoms. The van der Waals surface area contributed by atoms with Crippen LogP contribution in [-0.4, -0.2) is 46.7 Å². The molecular weight excluding hydrogens is 234 g/mol. The number of aliphatic carboxylic acids is 1. The van der Waals surface area contributed by atoms with Crippen molar-refractivity contribution in [1.82, 2.24) is 4.90 Å². The Balaban J connectivity index is 2.76. The van der Waals surface area contributed by atoms with Crippen LogP contribution in [0, 0.1) is 5.92 Å². The third-order valence-corrected chi connectivity index (χ3v) is 3.32. The maximum Gasteiger partial charge on any atom is 0.305 e. The third kappa shape index (κ3) is 3.70. The number of rotatable bonds is 4. The summed E-state index contributed by atoms with van der Waals surface area (Å²) in [4.78, 5) is 24.8. The molecule has 5 heteroatoms. The molecule has 1 aliphatic heterocycles. The first-order valence-corrected chi connectivity index (χ1v) is 6.38. The SMILES string of the molecule is CC1OCCC1C(=O)N(CCC(=O)O)C(C)(C)C. The zero-order chi connectivity index (χ0) is 13.9. The van der Waals surface area contributed by atoms with Gasteiger partial charge in [0.25, 0.3) is 0 Å². The summed E-state index contributed by atoms with van der Waals surface area (Å²) < 4.78 is 5.41. The monoisotopic (exact) mass is 257 g/mol. The number of carbonyl (C=O) groups is 2. The lowest BCUT2D eigenvalue weighted by Gasteiger charge is -2.37. The predicted molar refractivity (Wildman–Crippen MR) is 67.2 cm³/mol. The first-order valence-electron chi connectivity index (χ1n) is 6.38. The van der Waals surface area contributed by atoms with Gasteiger partial charge < -0.3 is 14.7 Å². The molecule has 0 radical (unpaired) electrons. The average Bonchev–Trinajstić information content (AvgIpc) is 2.61. The van der Waals surface area contributed by atoms with Crippen LogP contribution < -0.4 is 0 Å². The van der Waals surface area contributed by atoms with E-state index in [1.165, 1.54) is 0 Å². The van der Waals surface area contributed by atoms with Crippen LogP contribution in [0.25, 0.3) is 0 Å². The van der Waals surface area contributed by atoms with Gasteiger partial charge in [-0.05, 0) is 34.1 Å². The summed E-state index contributed by atoms with van der Waals surface area (Å²) in [6, 6.07) is 0. The van der Waals surface area contributed by atoms with Gasteiger partial charge in [0.2, 0.25) is 5.91 Å². The molecule has 5 nitrogen and oxygen atoms in total. The van der Waals surface area contributed by atoms with E-state index in [2.05, 4.69) is 0 Å². The third-order valence-electron chi connectivity index (χ3n) is 3.32. The number of nitrogens with zero attached hydrogens (tertiary/aromatic N) is 1. The van der Waals surface area contributed by atoms with Gasteiger partial charge in [0.1, 0.15) is 0 Å². The lowest BCUT2D eigenvalue weighted by molar-refractivity contribution is -0.144. The van der Waals surface area contributed by atoms with Crippen molar-refractivity contribution in [2.75, 3.05) is 13.2 Å². The van der Waals surface area contributed by atoms with Gasteiger partial charge in [-0.3, -0.25) is 9.59 Å². The van der Waals surface area contributed by atoms with Crippen LogP contribution in [0.4, 0.5) is 0 Å². The van der Waals surface area contributed by atoms with Gasteiger partial charge in [0.15, 0.2) is 0 Å².